The van der Waals surface area contributed by atoms with E-state index < -0.39 is 10.0 Å². The van der Waals surface area contributed by atoms with Crippen LogP contribution in [0.5, 0.6) is 5.75 Å². The van der Waals surface area contributed by atoms with Crippen LogP contribution in [0.25, 0.3) is 11.0 Å². The number of ether oxygens (including phenoxy) is 1. The average Bonchev–Trinajstić information content (AvgIpc) is 3.47. The van der Waals surface area contributed by atoms with Crippen molar-refractivity contribution in [1.29, 1.82) is 0 Å². The fraction of sp³-hybridized carbons (Fsp3) is 0.409. The largest absolute Gasteiger partial charge is 0.493 e. The highest BCUT2D eigenvalue weighted by Crippen LogP contribution is 2.28. The van der Waals surface area contributed by atoms with E-state index in [-0.39, 0.29) is 16.8 Å². The van der Waals surface area contributed by atoms with E-state index in [9.17, 15) is 12.8 Å². The van der Waals surface area contributed by atoms with E-state index in [1.165, 1.54) is 12.1 Å². The van der Waals surface area contributed by atoms with Gasteiger partial charge in [0.05, 0.1) is 17.2 Å². The van der Waals surface area contributed by atoms with Gasteiger partial charge < -0.3 is 14.2 Å². The van der Waals surface area contributed by atoms with Gasteiger partial charge in [0.25, 0.3) is 0 Å². The second kappa shape index (κ2) is 8.22. The van der Waals surface area contributed by atoms with Crippen molar-refractivity contribution in [3.8, 4) is 5.75 Å². The monoisotopic (exact) mass is 445 g/mol. The van der Waals surface area contributed by atoms with Crippen LogP contribution in [0.2, 0.25) is 0 Å². The van der Waals surface area contributed by atoms with Crippen LogP contribution in [0.15, 0.2) is 45.8 Å². The summed E-state index contributed by atoms with van der Waals surface area (Å²) in [5.74, 6) is 0.326. The first-order valence-electron chi connectivity index (χ1n) is 10.5. The molecular formula is C22H24FN3O4S. The molecule has 1 saturated heterocycles. The van der Waals surface area contributed by atoms with Crippen molar-refractivity contribution >= 4 is 21.0 Å². The molecule has 0 bridgehead atoms. The highest BCUT2D eigenvalue weighted by Gasteiger charge is 2.28. The maximum atomic E-state index is 13.3. The maximum Gasteiger partial charge on any atom is 0.240 e. The Kier molecular flexibility index (Phi) is 5.41. The lowest BCUT2D eigenvalue weighted by molar-refractivity contribution is 0.325. The molecule has 0 amide bonds. The molecule has 164 valence electrons. The number of hydrogen-bond donors (Lipinski definition) is 1. The summed E-state index contributed by atoms with van der Waals surface area (Å²) in [4.78, 5) is 2.50. The molecule has 1 atom stereocenters. The van der Waals surface area contributed by atoms with E-state index in [4.69, 9.17) is 9.26 Å². The van der Waals surface area contributed by atoms with Gasteiger partial charge in [0.2, 0.25) is 10.0 Å². The lowest BCUT2D eigenvalue weighted by Crippen LogP contribution is -2.37. The molecule has 0 aliphatic carbocycles. The topological polar surface area (TPSA) is 84.7 Å². The molecule has 1 fully saturated rings. The molecule has 0 saturated carbocycles. The van der Waals surface area contributed by atoms with E-state index in [1.54, 1.807) is 18.2 Å². The first kappa shape index (κ1) is 20.4. The summed E-state index contributed by atoms with van der Waals surface area (Å²) in [6, 6.07) is 9.43. The molecular weight excluding hydrogens is 421 g/mol. The fourth-order valence-electron chi connectivity index (χ4n) is 4.35. The predicted molar refractivity (Wildman–Crippen MR) is 113 cm³/mol. The molecule has 1 unspecified atom stereocenters. The van der Waals surface area contributed by atoms with Gasteiger partial charge >= 0.3 is 0 Å². The van der Waals surface area contributed by atoms with Crippen molar-refractivity contribution in [2.24, 2.45) is 0 Å². The average molecular weight is 446 g/mol. The van der Waals surface area contributed by atoms with Crippen molar-refractivity contribution in [2.75, 3.05) is 26.2 Å². The van der Waals surface area contributed by atoms with Gasteiger partial charge in [0, 0.05) is 36.5 Å². The summed E-state index contributed by atoms with van der Waals surface area (Å²) in [5.41, 5.74) is 2.34. The molecule has 9 heteroatoms. The minimum absolute atomic E-state index is 0.116. The van der Waals surface area contributed by atoms with Crippen molar-refractivity contribution in [3.05, 3.63) is 53.5 Å². The lowest BCUT2D eigenvalue weighted by atomic mass is 10.1. The number of fused-ring (bicyclic) bond motifs is 2. The van der Waals surface area contributed by atoms with Crippen molar-refractivity contribution in [3.63, 3.8) is 0 Å². The van der Waals surface area contributed by atoms with E-state index in [2.05, 4.69) is 14.8 Å². The number of nitrogens with zero attached hydrogens (tertiary/aromatic N) is 2. The molecule has 2 aliphatic rings. The molecule has 3 heterocycles. The molecule has 5 rings (SSSR count). The summed E-state index contributed by atoms with van der Waals surface area (Å²) in [6.45, 7) is 2.95. The Morgan fingerprint density at radius 1 is 1.23 bits per heavy atom. The molecule has 31 heavy (non-hydrogen) atoms. The normalized spacial score (nSPS) is 19.1. The number of hydrogen-bond acceptors (Lipinski definition) is 6. The van der Waals surface area contributed by atoms with Gasteiger partial charge in [-0.15, -0.1) is 0 Å². The Balaban J connectivity index is 1.14. The minimum atomic E-state index is -3.58. The maximum absolute atomic E-state index is 13.3. The molecule has 3 aromatic rings. The SMILES string of the molecule is O=S(=O)(NC1CCN(CCCc2noc3cc(F)ccc23)C1)c1ccc2c(c1)OCC2. The number of benzene rings is 2. The van der Waals surface area contributed by atoms with Crippen molar-refractivity contribution < 1.29 is 22.1 Å². The molecule has 2 aliphatic heterocycles. The molecule has 7 nitrogen and oxygen atoms in total. The zero-order valence-electron chi connectivity index (χ0n) is 17.0. The Morgan fingerprint density at radius 2 is 2.13 bits per heavy atom. The Labute approximate surface area is 180 Å². The lowest BCUT2D eigenvalue weighted by Gasteiger charge is -2.16. The Morgan fingerprint density at radius 3 is 3.03 bits per heavy atom. The number of aromatic nitrogens is 1. The standard InChI is InChI=1S/C22H24FN3O4S/c23-16-4-6-19-20(24-30-22(19)12-16)2-1-9-26-10-7-17(14-26)25-31(27,28)18-5-3-15-8-11-29-21(15)13-18/h3-6,12-13,17,25H,1-2,7-11,14H2. The molecule has 0 radical (unpaired) electrons. The van der Waals surface area contributed by atoms with Crippen LogP contribution in [0.4, 0.5) is 4.39 Å². The molecule has 1 aromatic heterocycles. The van der Waals surface area contributed by atoms with Crippen LogP contribution in [0, 0.1) is 5.82 Å². The summed E-state index contributed by atoms with van der Waals surface area (Å²) in [7, 11) is -3.58. The number of sulfonamides is 1. The summed E-state index contributed by atoms with van der Waals surface area (Å²) in [5, 5.41) is 4.90. The van der Waals surface area contributed by atoms with Gasteiger partial charge in [-0.3, -0.25) is 0 Å². The van der Waals surface area contributed by atoms with Crippen molar-refractivity contribution in [2.45, 2.75) is 36.6 Å². The minimum Gasteiger partial charge on any atom is -0.493 e. The van der Waals surface area contributed by atoms with Crippen LogP contribution >= 0.6 is 0 Å². The zero-order chi connectivity index (χ0) is 21.4. The van der Waals surface area contributed by atoms with E-state index in [0.717, 1.165) is 55.4 Å². The predicted octanol–water partition coefficient (Wildman–Crippen LogP) is 2.89. The Hall–Kier alpha value is -2.49. The third-order valence-corrected chi connectivity index (χ3v) is 7.49. The third kappa shape index (κ3) is 4.30. The first-order valence-corrected chi connectivity index (χ1v) is 12.0. The summed E-state index contributed by atoms with van der Waals surface area (Å²) >= 11 is 0. The van der Waals surface area contributed by atoms with E-state index in [1.807, 2.05) is 6.07 Å². The number of rotatable bonds is 7. The quantitative estimate of drug-likeness (QED) is 0.602. The third-order valence-electron chi connectivity index (χ3n) is 5.97. The first-order chi connectivity index (χ1) is 15.0. The number of likely N-dealkylation sites (tertiary alicyclic amines) is 1. The number of halogens is 1. The fourth-order valence-corrected chi connectivity index (χ4v) is 5.62. The summed E-state index contributed by atoms with van der Waals surface area (Å²) in [6.07, 6.45) is 3.18. The molecule has 0 spiro atoms. The van der Waals surface area contributed by atoms with Crippen molar-refractivity contribution in [1.82, 2.24) is 14.8 Å². The van der Waals surface area contributed by atoms with Gasteiger partial charge in [-0.1, -0.05) is 11.2 Å². The van der Waals surface area contributed by atoms with Gasteiger partial charge in [-0.2, -0.15) is 0 Å². The summed E-state index contributed by atoms with van der Waals surface area (Å²) < 4.78 is 52.4. The highest BCUT2D eigenvalue weighted by molar-refractivity contribution is 7.89. The van der Waals surface area contributed by atoms with E-state index >= 15 is 0 Å². The molecule has 1 N–H and O–H groups in total. The zero-order valence-corrected chi connectivity index (χ0v) is 17.8. The number of aryl methyl sites for hydroxylation is 1. The van der Waals surface area contributed by atoms with Gasteiger partial charge in [0.1, 0.15) is 11.6 Å². The van der Waals surface area contributed by atoms with E-state index in [0.29, 0.717) is 24.5 Å². The van der Waals surface area contributed by atoms with Crippen LogP contribution in [-0.2, 0) is 22.9 Å². The number of nitrogens with one attached hydrogen (secondary N) is 1. The second-order valence-corrected chi connectivity index (χ2v) is 9.86. The van der Waals surface area contributed by atoms with Crippen LogP contribution in [0.1, 0.15) is 24.1 Å². The highest BCUT2D eigenvalue weighted by atomic mass is 32.2. The van der Waals surface area contributed by atoms with Gasteiger partial charge in [-0.25, -0.2) is 17.5 Å². The van der Waals surface area contributed by atoms with Crippen LogP contribution in [0.3, 0.4) is 0 Å². The van der Waals surface area contributed by atoms with Crippen LogP contribution < -0.4 is 9.46 Å². The smallest absolute Gasteiger partial charge is 0.240 e. The second-order valence-electron chi connectivity index (χ2n) is 8.15. The Bertz CT molecular complexity index is 1210. The van der Waals surface area contributed by atoms with Gasteiger partial charge in [-0.05, 0) is 56.1 Å². The van der Waals surface area contributed by atoms with Gasteiger partial charge in [0.15, 0.2) is 5.58 Å². The van der Waals surface area contributed by atoms with Crippen LogP contribution in [-0.4, -0.2) is 50.8 Å². The molecule has 2 aromatic carbocycles.